The summed E-state index contributed by atoms with van der Waals surface area (Å²) in [5.74, 6) is -0.716. The first-order chi connectivity index (χ1) is 7.59. The van der Waals surface area contributed by atoms with Gasteiger partial charge in [0.05, 0.1) is 0 Å². The van der Waals surface area contributed by atoms with Gasteiger partial charge in [-0.1, -0.05) is 28.9 Å². The van der Waals surface area contributed by atoms with Crippen LogP contribution in [0, 0.1) is 6.92 Å². The molecule has 82 valence electrons. The molecule has 1 aromatic carbocycles. The van der Waals surface area contributed by atoms with E-state index in [1.54, 1.807) is 18.2 Å². The maximum absolute atomic E-state index is 10.6. The van der Waals surface area contributed by atoms with E-state index in [2.05, 4.69) is 5.16 Å². The molecule has 2 aromatic rings. The molecule has 1 heterocycles. The fraction of sp³-hybridized carbons (Fsp3) is 0.0909. The Morgan fingerprint density at radius 1 is 1.50 bits per heavy atom. The molecule has 0 amide bonds. The highest BCUT2D eigenvalue weighted by Crippen LogP contribution is 2.28. The van der Waals surface area contributed by atoms with Crippen molar-refractivity contribution >= 4 is 17.6 Å². The Hall–Kier alpha value is -1.81. The number of hydrogen-bond donors (Lipinski definition) is 1. The predicted octanol–water partition coefficient (Wildman–Crippen LogP) is 3.00. The Balaban J connectivity index is 2.50. The number of hydrogen-bond acceptors (Lipinski definition) is 3. The molecular weight excluding hydrogens is 230 g/mol. The van der Waals surface area contributed by atoms with Crippen LogP contribution < -0.4 is 0 Å². The summed E-state index contributed by atoms with van der Waals surface area (Å²) in [5, 5.41) is 12.8. The highest BCUT2D eigenvalue weighted by atomic mass is 35.5. The van der Waals surface area contributed by atoms with Crippen molar-refractivity contribution in [3.8, 4) is 11.3 Å². The van der Waals surface area contributed by atoms with Crippen molar-refractivity contribution in [1.29, 1.82) is 0 Å². The average molecular weight is 238 g/mol. The molecule has 4 nitrogen and oxygen atoms in total. The SMILES string of the molecule is Cc1c(Cl)cccc1-c1cc(C(=O)O)no1. The monoisotopic (exact) mass is 237 g/mol. The average Bonchev–Trinajstić information content (AvgIpc) is 2.71. The molecule has 0 spiro atoms. The van der Waals surface area contributed by atoms with Gasteiger partial charge in [-0.15, -0.1) is 0 Å². The second-order valence-corrected chi connectivity index (χ2v) is 3.70. The van der Waals surface area contributed by atoms with Gasteiger partial charge in [-0.05, 0) is 18.6 Å². The van der Waals surface area contributed by atoms with Gasteiger partial charge in [-0.25, -0.2) is 4.79 Å². The Bertz CT molecular complexity index is 548. The minimum Gasteiger partial charge on any atom is -0.476 e. The number of carboxylic acid groups (broad SMARTS) is 1. The van der Waals surface area contributed by atoms with Crippen molar-refractivity contribution in [1.82, 2.24) is 5.16 Å². The van der Waals surface area contributed by atoms with Crippen molar-refractivity contribution < 1.29 is 14.4 Å². The number of rotatable bonds is 2. The molecule has 5 heteroatoms. The lowest BCUT2D eigenvalue weighted by Crippen LogP contribution is -1.94. The van der Waals surface area contributed by atoms with E-state index in [1.165, 1.54) is 6.07 Å². The molecule has 0 aliphatic rings. The number of carbonyl (C=O) groups is 1. The minimum absolute atomic E-state index is 0.116. The quantitative estimate of drug-likeness (QED) is 0.872. The standard InChI is InChI=1S/C11H8ClNO3/c1-6-7(3-2-4-8(6)12)10-5-9(11(14)15)13-16-10/h2-5H,1H3,(H,14,15). The molecule has 2 rings (SSSR count). The maximum Gasteiger partial charge on any atom is 0.358 e. The Morgan fingerprint density at radius 2 is 2.25 bits per heavy atom. The molecule has 0 saturated carbocycles. The molecule has 0 fully saturated rings. The topological polar surface area (TPSA) is 63.3 Å². The van der Waals surface area contributed by atoms with Crippen LogP contribution in [0.15, 0.2) is 28.8 Å². The zero-order chi connectivity index (χ0) is 11.7. The van der Waals surface area contributed by atoms with E-state index < -0.39 is 5.97 Å². The van der Waals surface area contributed by atoms with Crippen LogP contribution in [0.1, 0.15) is 16.1 Å². The highest BCUT2D eigenvalue weighted by molar-refractivity contribution is 6.31. The van der Waals surface area contributed by atoms with Gasteiger partial charge in [0, 0.05) is 16.7 Å². The Labute approximate surface area is 96.4 Å². The summed E-state index contributed by atoms with van der Waals surface area (Å²) in [5.41, 5.74) is 1.46. The summed E-state index contributed by atoms with van der Waals surface area (Å²) in [7, 11) is 0. The Morgan fingerprint density at radius 3 is 2.88 bits per heavy atom. The van der Waals surface area contributed by atoms with Crippen molar-refractivity contribution in [3.63, 3.8) is 0 Å². The predicted molar refractivity (Wildman–Crippen MR) is 58.6 cm³/mol. The van der Waals surface area contributed by atoms with E-state index in [9.17, 15) is 4.79 Å². The summed E-state index contributed by atoms with van der Waals surface area (Å²) in [6, 6.07) is 6.71. The first-order valence-electron chi connectivity index (χ1n) is 4.55. The molecule has 0 aliphatic heterocycles. The second kappa shape index (κ2) is 3.98. The van der Waals surface area contributed by atoms with Crippen LogP contribution in [0.25, 0.3) is 11.3 Å². The van der Waals surface area contributed by atoms with Crippen LogP contribution in [-0.4, -0.2) is 16.2 Å². The van der Waals surface area contributed by atoms with Gasteiger partial charge >= 0.3 is 5.97 Å². The summed E-state index contributed by atoms with van der Waals surface area (Å²) in [6.07, 6.45) is 0. The molecule has 16 heavy (non-hydrogen) atoms. The molecular formula is C11H8ClNO3. The zero-order valence-corrected chi connectivity index (χ0v) is 9.15. The van der Waals surface area contributed by atoms with E-state index in [0.29, 0.717) is 10.8 Å². The number of carboxylic acids is 1. The van der Waals surface area contributed by atoms with Crippen molar-refractivity contribution in [2.75, 3.05) is 0 Å². The van der Waals surface area contributed by atoms with Gasteiger partial charge in [0.2, 0.25) is 0 Å². The summed E-state index contributed by atoms with van der Waals surface area (Å²) < 4.78 is 4.96. The van der Waals surface area contributed by atoms with E-state index in [0.717, 1.165) is 11.1 Å². The van der Waals surface area contributed by atoms with E-state index in [-0.39, 0.29) is 5.69 Å². The highest BCUT2D eigenvalue weighted by Gasteiger charge is 2.14. The van der Waals surface area contributed by atoms with Gasteiger partial charge in [0.1, 0.15) is 0 Å². The molecule has 0 aliphatic carbocycles. The van der Waals surface area contributed by atoms with Gasteiger partial charge in [0.25, 0.3) is 0 Å². The van der Waals surface area contributed by atoms with Gasteiger partial charge < -0.3 is 9.63 Å². The van der Waals surface area contributed by atoms with Crippen LogP contribution in [0.2, 0.25) is 5.02 Å². The van der Waals surface area contributed by atoms with Gasteiger partial charge in [-0.2, -0.15) is 0 Å². The van der Waals surface area contributed by atoms with E-state index in [1.807, 2.05) is 6.92 Å². The number of aromatic nitrogens is 1. The molecule has 1 N–H and O–H groups in total. The van der Waals surface area contributed by atoms with Crippen molar-refractivity contribution in [2.45, 2.75) is 6.92 Å². The van der Waals surface area contributed by atoms with Crippen LogP contribution >= 0.6 is 11.6 Å². The summed E-state index contributed by atoms with van der Waals surface area (Å²) in [4.78, 5) is 10.6. The number of benzene rings is 1. The third kappa shape index (κ3) is 1.79. The summed E-state index contributed by atoms with van der Waals surface area (Å²) >= 11 is 5.95. The zero-order valence-electron chi connectivity index (χ0n) is 8.40. The lowest BCUT2D eigenvalue weighted by atomic mass is 10.1. The van der Waals surface area contributed by atoms with E-state index >= 15 is 0 Å². The van der Waals surface area contributed by atoms with E-state index in [4.69, 9.17) is 21.2 Å². The lowest BCUT2D eigenvalue weighted by Gasteiger charge is -2.02. The second-order valence-electron chi connectivity index (χ2n) is 3.29. The first kappa shape index (κ1) is 10.7. The molecule has 0 unspecified atom stereocenters. The maximum atomic E-state index is 10.6. The lowest BCUT2D eigenvalue weighted by molar-refractivity contribution is 0.0686. The van der Waals surface area contributed by atoms with Crippen LogP contribution in [0.4, 0.5) is 0 Å². The van der Waals surface area contributed by atoms with Crippen LogP contribution in [-0.2, 0) is 0 Å². The smallest absolute Gasteiger partial charge is 0.358 e. The fourth-order valence-electron chi connectivity index (χ4n) is 1.38. The molecule has 0 bridgehead atoms. The fourth-order valence-corrected chi connectivity index (χ4v) is 1.55. The largest absolute Gasteiger partial charge is 0.476 e. The molecule has 0 saturated heterocycles. The van der Waals surface area contributed by atoms with Crippen LogP contribution in [0.3, 0.4) is 0 Å². The minimum atomic E-state index is -1.12. The van der Waals surface area contributed by atoms with Crippen molar-refractivity contribution in [2.24, 2.45) is 0 Å². The van der Waals surface area contributed by atoms with Crippen molar-refractivity contribution in [3.05, 3.63) is 40.5 Å². The molecule has 0 atom stereocenters. The molecule has 0 radical (unpaired) electrons. The number of aromatic carboxylic acids is 1. The Kier molecular flexibility index (Phi) is 2.66. The van der Waals surface area contributed by atoms with Gasteiger partial charge in [-0.3, -0.25) is 0 Å². The van der Waals surface area contributed by atoms with Crippen LogP contribution in [0.5, 0.6) is 0 Å². The first-order valence-corrected chi connectivity index (χ1v) is 4.93. The molecule has 1 aromatic heterocycles. The number of halogens is 1. The number of nitrogens with zero attached hydrogens (tertiary/aromatic N) is 1. The third-order valence-electron chi connectivity index (χ3n) is 2.26. The normalized spacial score (nSPS) is 10.4. The summed E-state index contributed by atoms with van der Waals surface area (Å²) in [6.45, 7) is 1.83. The van der Waals surface area contributed by atoms with Gasteiger partial charge in [0.15, 0.2) is 11.5 Å². The third-order valence-corrected chi connectivity index (χ3v) is 2.67.